The zero-order chi connectivity index (χ0) is 16.6. The number of hydroxylamine groups is 2. The van der Waals surface area contributed by atoms with Gasteiger partial charge in [0.05, 0.1) is 6.54 Å². The number of ether oxygens (including phenoxy) is 1. The van der Waals surface area contributed by atoms with Crippen molar-refractivity contribution in [2.75, 3.05) is 13.1 Å². The van der Waals surface area contributed by atoms with Gasteiger partial charge in [-0.05, 0) is 57.7 Å². The van der Waals surface area contributed by atoms with Crippen LogP contribution in [0.3, 0.4) is 0 Å². The lowest BCUT2D eigenvalue weighted by molar-refractivity contribution is -0.0943. The highest BCUT2D eigenvalue weighted by molar-refractivity contribution is 5.66. The fourth-order valence-corrected chi connectivity index (χ4v) is 1.82. The fraction of sp³-hybridized carbons (Fsp3) is 0.588. The number of unbranched alkanes of at least 4 members (excludes halogenated alkanes) is 2. The average Bonchev–Trinajstić information content (AvgIpc) is 3.21. The van der Waals surface area contributed by atoms with E-state index in [0.717, 1.165) is 19.3 Å². The third-order valence-corrected chi connectivity index (χ3v) is 3.05. The molecule has 1 aliphatic carbocycles. The normalized spacial score (nSPS) is 11.9. The molecule has 0 unspecified atom stereocenters. The molecule has 0 aliphatic heterocycles. The monoisotopic (exact) mass is 308 g/mol. The Kier molecular flexibility index (Phi) is 7.35. The van der Waals surface area contributed by atoms with E-state index in [2.05, 4.69) is 24.3 Å². The molecule has 124 valence electrons. The lowest BCUT2D eigenvalue weighted by Crippen LogP contribution is -2.35. The Balaban J connectivity index is 0.000000279. The Labute approximate surface area is 133 Å². The first kappa shape index (κ1) is 18.5. The number of nitrogens with zero attached hydrogens (tertiary/aromatic N) is 1. The van der Waals surface area contributed by atoms with Gasteiger partial charge < -0.3 is 10.5 Å². The first-order valence-corrected chi connectivity index (χ1v) is 7.79. The van der Waals surface area contributed by atoms with Gasteiger partial charge in [0.2, 0.25) is 0 Å². The highest BCUT2D eigenvalue weighted by Gasteiger charge is 2.20. The molecule has 0 fully saturated rings. The molecular weight excluding hydrogens is 280 g/mol. The molecule has 0 radical (unpaired) electrons. The number of benzene rings is 1. The van der Waals surface area contributed by atoms with Crippen molar-refractivity contribution in [2.45, 2.75) is 52.1 Å². The first-order valence-electron chi connectivity index (χ1n) is 7.79. The summed E-state index contributed by atoms with van der Waals surface area (Å²) < 4.78 is 4.97. The molecule has 0 saturated heterocycles. The zero-order valence-electron chi connectivity index (χ0n) is 13.8. The van der Waals surface area contributed by atoms with E-state index >= 15 is 0 Å². The van der Waals surface area contributed by atoms with E-state index in [1.807, 2.05) is 0 Å². The number of hydrogen-bond acceptors (Lipinski definition) is 4. The second-order valence-corrected chi connectivity index (χ2v) is 6.40. The smallest absolute Gasteiger partial charge is 0.434 e. The second-order valence-electron chi connectivity index (χ2n) is 6.40. The summed E-state index contributed by atoms with van der Waals surface area (Å²) in [6.07, 6.45) is 3.08. The van der Waals surface area contributed by atoms with E-state index in [0.29, 0.717) is 11.6 Å². The highest BCUT2D eigenvalue weighted by Crippen LogP contribution is 2.25. The number of amides is 1. The van der Waals surface area contributed by atoms with E-state index in [1.54, 1.807) is 20.8 Å². The molecule has 0 saturated carbocycles. The summed E-state index contributed by atoms with van der Waals surface area (Å²) in [6, 6.07) is 8.53. The molecule has 5 heteroatoms. The van der Waals surface area contributed by atoms with Gasteiger partial charge in [-0.1, -0.05) is 30.7 Å². The van der Waals surface area contributed by atoms with Crippen molar-refractivity contribution in [3.8, 4) is 0 Å². The van der Waals surface area contributed by atoms with Gasteiger partial charge >= 0.3 is 6.09 Å². The number of carbonyl (C=O) groups excluding carboxylic acids is 1. The first-order chi connectivity index (χ1) is 10.3. The van der Waals surface area contributed by atoms with Crippen molar-refractivity contribution >= 4 is 6.09 Å². The molecule has 0 atom stereocenters. The summed E-state index contributed by atoms with van der Waals surface area (Å²) in [5.41, 5.74) is 7.81. The molecule has 0 bridgehead atoms. The molecule has 2 rings (SSSR count). The van der Waals surface area contributed by atoms with Crippen LogP contribution < -0.4 is 5.73 Å². The summed E-state index contributed by atoms with van der Waals surface area (Å²) in [4.78, 5) is 11.3. The minimum Gasteiger partial charge on any atom is -0.442 e. The van der Waals surface area contributed by atoms with Crippen LogP contribution in [0.2, 0.25) is 0 Å². The maximum absolute atomic E-state index is 11.3. The molecule has 5 nitrogen and oxygen atoms in total. The average molecular weight is 308 g/mol. The Morgan fingerprint density at radius 2 is 1.82 bits per heavy atom. The summed E-state index contributed by atoms with van der Waals surface area (Å²) in [5, 5.41) is 9.92. The van der Waals surface area contributed by atoms with E-state index < -0.39 is 11.7 Å². The SMILES string of the molecule is CC(C)(C)OC(=O)N(O)CCCCCN.c1ccc2c(c1)C2. The molecule has 0 aromatic heterocycles. The predicted molar refractivity (Wildman–Crippen MR) is 86.9 cm³/mol. The molecule has 3 N–H and O–H groups in total. The van der Waals surface area contributed by atoms with Crippen LogP contribution in [0.4, 0.5) is 4.79 Å². The molecule has 0 heterocycles. The van der Waals surface area contributed by atoms with Crippen LogP contribution in [0.15, 0.2) is 24.3 Å². The topological polar surface area (TPSA) is 75.8 Å². The fourth-order valence-electron chi connectivity index (χ4n) is 1.82. The van der Waals surface area contributed by atoms with Crippen molar-refractivity contribution in [3.63, 3.8) is 0 Å². The van der Waals surface area contributed by atoms with E-state index in [4.69, 9.17) is 10.5 Å². The predicted octanol–water partition coefficient (Wildman–Crippen LogP) is 3.33. The third-order valence-electron chi connectivity index (χ3n) is 3.05. The van der Waals surface area contributed by atoms with E-state index in [1.165, 1.54) is 17.5 Å². The highest BCUT2D eigenvalue weighted by atomic mass is 16.6. The summed E-state index contributed by atoms with van der Waals surface area (Å²) in [7, 11) is 0. The van der Waals surface area contributed by atoms with Crippen LogP contribution in [-0.4, -0.2) is 35.1 Å². The molecule has 1 amide bonds. The number of carbonyl (C=O) groups is 1. The third kappa shape index (κ3) is 8.00. The van der Waals surface area contributed by atoms with Crippen LogP contribution in [0.25, 0.3) is 0 Å². The summed E-state index contributed by atoms with van der Waals surface area (Å²) in [6.45, 7) is 6.19. The van der Waals surface area contributed by atoms with Crippen molar-refractivity contribution < 1.29 is 14.7 Å². The Hall–Kier alpha value is -1.59. The Bertz CT molecular complexity index is 448. The van der Waals surface area contributed by atoms with Crippen LogP contribution in [-0.2, 0) is 11.2 Å². The van der Waals surface area contributed by atoms with Gasteiger partial charge in [0, 0.05) is 0 Å². The van der Waals surface area contributed by atoms with Gasteiger partial charge in [0.25, 0.3) is 0 Å². The lowest BCUT2D eigenvalue weighted by Gasteiger charge is -2.23. The van der Waals surface area contributed by atoms with E-state index in [-0.39, 0.29) is 6.54 Å². The Morgan fingerprint density at radius 1 is 1.23 bits per heavy atom. The largest absolute Gasteiger partial charge is 0.442 e. The van der Waals surface area contributed by atoms with Gasteiger partial charge in [-0.2, -0.15) is 5.06 Å². The van der Waals surface area contributed by atoms with Gasteiger partial charge in [-0.15, -0.1) is 0 Å². The van der Waals surface area contributed by atoms with Crippen molar-refractivity contribution in [2.24, 2.45) is 5.73 Å². The lowest BCUT2D eigenvalue weighted by atomic mass is 10.2. The van der Waals surface area contributed by atoms with Gasteiger partial charge in [0.15, 0.2) is 0 Å². The molecular formula is C17H28N2O3. The summed E-state index contributed by atoms with van der Waals surface area (Å²) in [5.74, 6) is 0. The zero-order valence-corrected chi connectivity index (χ0v) is 13.8. The van der Waals surface area contributed by atoms with Gasteiger partial charge in [-0.3, -0.25) is 5.21 Å². The summed E-state index contributed by atoms with van der Waals surface area (Å²) >= 11 is 0. The van der Waals surface area contributed by atoms with Crippen LogP contribution in [0.1, 0.15) is 51.2 Å². The Morgan fingerprint density at radius 3 is 2.27 bits per heavy atom. The standard InChI is InChI=1S/C10H22N2O3.C7H6/c1-10(2,3)15-9(13)12(14)8-6-4-5-7-11;1-2-4-7-5-6(7)3-1/h14H,4-8,11H2,1-3H3;1-4H,5H2. The van der Waals surface area contributed by atoms with Gasteiger partial charge in [-0.25, -0.2) is 4.79 Å². The molecule has 1 aliphatic rings. The quantitative estimate of drug-likeness (QED) is 0.504. The van der Waals surface area contributed by atoms with Crippen LogP contribution >= 0.6 is 0 Å². The van der Waals surface area contributed by atoms with Crippen molar-refractivity contribution in [1.29, 1.82) is 0 Å². The number of rotatable bonds is 5. The number of nitrogens with two attached hydrogens (primary N) is 1. The minimum absolute atomic E-state index is 0.287. The van der Waals surface area contributed by atoms with Gasteiger partial charge in [0.1, 0.15) is 5.60 Å². The second kappa shape index (κ2) is 8.76. The molecule has 1 aromatic rings. The number of fused-ring (bicyclic) bond motifs is 1. The molecule has 1 aromatic carbocycles. The van der Waals surface area contributed by atoms with Crippen LogP contribution in [0, 0.1) is 0 Å². The number of hydrogen-bond donors (Lipinski definition) is 2. The molecule has 0 spiro atoms. The van der Waals surface area contributed by atoms with Crippen molar-refractivity contribution in [1.82, 2.24) is 5.06 Å². The van der Waals surface area contributed by atoms with E-state index in [9.17, 15) is 10.0 Å². The van der Waals surface area contributed by atoms with Crippen molar-refractivity contribution in [3.05, 3.63) is 35.4 Å². The maximum Gasteiger partial charge on any atom is 0.434 e. The van der Waals surface area contributed by atoms with Crippen LogP contribution in [0.5, 0.6) is 0 Å². The maximum atomic E-state index is 11.3. The minimum atomic E-state index is -0.699. The molecule has 22 heavy (non-hydrogen) atoms.